The van der Waals surface area contributed by atoms with Gasteiger partial charge in [-0.3, -0.25) is 4.79 Å². The number of hydrogen-bond acceptors (Lipinski definition) is 6. The summed E-state index contributed by atoms with van der Waals surface area (Å²) in [6, 6.07) is 27.7. The molecule has 37 heavy (non-hydrogen) atoms. The van der Waals surface area contributed by atoms with E-state index in [0.717, 1.165) is 5.56 Å². The van der Waals surface area contributed by atoms with Crippen LogP contribution in [0, 0.1) is 0 Å². The number of carbonyl (C=O) groups excluding carboxylic acids is 2. The predicted octanol–water partition coefficient (Wildman–Crippen LogP) is 5.91. The van der Waals surface area contributed by atoms with E-state index in [1.807, 2.05) is 18.2 Å². The van der Waals surface area contributed by atoms with Gasteiger partial charge in [0.1, 0.15) is 12.4 Å². The lowest BCUT2D eigenvalue weighted by Crippen LogP contribution is -2.17. The summed E-state index contributed by atoms with van der Waals surface area (Å²) in [5, 5.41) is 4.68. The zero-order valence-corrected chi connectivity index (χ0v) is 20.6. The molecule has 0 radical (unpaired) electrons. The lowest BCUT2D eigenvalue weighted by molar-refractivity contribution is 0.0729. The van der Waals surface area contributed by atoms with Crippen molar-refractivity contribution in [3.63, 3.8) is 0 Å². The minimum atomic E-state index is -0.492. The monoisotopic (exact) mass is 514 g/mol. The van der Waals surface area contributed by atoms with Crippen LogP contribution in [0.25, 0.3) is 0 Å². The number of hydrazone groups is 1. The van der Waals surface area contributed by atoms with Gasteiger partial charge in [-0.2, -0.15) is 5.10 Å². The normalized spacial score (nSPS) is 10.6. The molecular formula is C29H23ClN2O5. The van der Waals surface area contributed by atoms with Crippen molar-refractivity contribution in [2.45, 2.75) is 6.61 Å². The molecular weight excluding hydrogens is 492 g/mol. The number of methoxy groups -OCH3 is 1. The number of ether oxygens (including phenoxy) is 3. The number of benzene rings is 4. The smallest absolute Gasteiger partial charge is 0.343 e. The maximum Gasteiger partial charge on any atom is 0.343 e. The van der Waals surface area contributed by atoms with Crippen LogP contribution in [0.1, 0.15) is 31.8 Å². The zero-order valence-electron chi connectivity index (χ0n) is 19.9. The lowest BCUT2D eigenvalue weighted by atomic mass is 10.2. The topological polar surface area (TPSA) is 86.2 Å². The van der Waals surface area contributed by atoms with Gasteiger partial charge in [0.25, 0.3) is 5.91 Å². The Kier molecular flexibility index (Phi) is 8.52. The third-order valence-electron chi connectivity index (χ3n) is 5.21. The van der Waals surface area contributed by atoms with Gasteiger partial charge in [0.2, 0.25) is 0 Å². The molecule has 0 unspecified atom stereocenters. The fourth-order valence-electron chi connectivity index (χ4n) is 3.26. The molecule has 4 rings (SSSR count). The number of rotatable bonds is 9. The predicted molar refractivity (Wildman–Crippen MR) is 142 cm³/mol. The van der Waals surface area contributed by atoms with Gasteiger partial charge in [-0.15, -0.1) is 0 Å². The van der Waals surface area contributed by atoms with Crippen LogP contribution in [0.15, 0.2) is 102 Å². The fraction of sp³-hybridized carbons (Fsp3) is 0.0690. The van der Waals surface area contributed by atoms with Crippen LogP contribution in [0.2, 0.25) is 5.02 Å². The van der Waals surface area contributed by atoms with Crippen LogP contribution >= 0.6 is 11.6 Å². The summed E-state index contributed by atoms with van der Waals surface area (Å²) < 4.78 is 16.5. The van der Waals surface area contributed by atoms with Crippen molar-refractivity contribution in [3.05, 3.63) is 124 Å². The van der Waals surface area contributed by atoms with Crippen LogP contribution in [-0.2, 0) is 6.61 Å². The molecule has 0 aliphatic carbocycles. The molecule has 1 amide bonds. The first-order chi connectivity index (χ1) is 18.0. The van der Waals surface area contributed by atoms with E-state index < -0.39 is 5.97 Å². The Morgan fingerprint density at radius 2 is 1.59 bits per heavy atom. The van der Waals surface area contributed by atoms with E-state index in [1.54, 1.807) is 78.9 Å². The Morgan fingerprint density at radius 1 is 0.865 bits per heavy atom. The van der Waals surface area contributed by atoms with E-state index in [4.69, 9.17) is 25.8 Å². The van der Waals surface area contributed by atoms with Gasteiger partial charge in [-0.25, -0.2) is 10.2 Å². The van der Waals surface area contributed by atoms with Crippen molar-refractivity contribution < 1.29 is 23.8 Å². The summed E-state index contributed by atoms with van der Waals surface area (Å²) in [6.07, 6.45) is 1.47. The average Bonchev–Trinajstić information content (AvgIpc) is 2.94. The van der Waals surface area contributed by atoms with Crippen molar-refractivity contribution in [2.75, 3.05) is 7.11 Å². The third-order valence-corrected chi connectivity index (χ3v) is 5.47. The second kappa shape index (κ2) is 12.4. The molecule has 0 heterocycles. The van der Waals surface area contributed by atoms with E-state index in [2.05, 4.69) is 10.5 Å². The van der Waals surface area contributed by atoms with Gasteiger partial charge < -0.3 is 14.2 Å². The van der Waals surface area contributed by atoms with E-state index >= 15 is 0 Å². The van der Waals surface area contributed by atoms with Crippen molar-refractivity contribution in [2.24, 2.45) is 5.10 Å². The van der Waals surface area contributed by atoms with Gasteiger partial charge in [0, 0.05) is 10.6 Å². The minimum absolute atomic E-state index is 0.274. The van der Waals surface area contributed by atoms with E-state index in [0.29, 0.717) is 39.8 Å². The summed E-state index contributed by atoms with van der Waals surface area (Å²) in [5.41, 5.74) is 4.97. The molecule has 8 heteroatoms. The van der Waals surface area contributed by atoms with Gasteiger partial charge in [-0.05, 0) is 77.9 Å². The van der Waals surface area contributed by atoms with E-state index in [-0.39, 0.29) is 11.7 Å². The number of hydrogen-bond donors (Lipinski definition) is 1. The number of carbonyl (C=O) groups is 2. The molecule has 7 nitrogen and oxygen atoms in total. The van der Waals surface area contributed by atoms with Crippen molar-refractivity contribution in [3.8, 4) is 17.2 Å². The molecule has 0 saturated heterocycles. The Labute approximate surface area is 219 Å². The fourth-order valence-corrected chi connectivity index (χ4v) is 3.39. The molecule has 0 atom stereocenters. The van der Waals surface area contributed by atoms with Crippen LogP contribution < -0.4 is 19.6 Å². The van der Waals surface area contributed by atoms with Crippen LogP contribution in [0.3, 0.4) is 0 Å². The Morgan fingerprint density at radius 3 is 2.30 bits per heavy atom. The first-order valence-electron chi connectivity index (χ1n) is 11.3. The average molecular weight is 515 g/mol. The maximum absolute atomic E-state index is 12.4. The zero-order chi connectivity index (χ0) is 26.0. The maximum atomic E-state index is 12.4. The molecule has 0 bridgehead atoms. The van der Waals surface area contributed by atoms with Crippen molar-refractivity contribution >= 4 is 29.7 Å². The molecule has 0 fully saturated rings. The Hall–Kier alpha value is -4.62. The highest BCUT2D eigenvalue weighted by Crippen LogP contribution is 2.28. The largest absolute Gasteiger partial charge is 0.493 e. The lowest BCUT2D eigenvalue weighted by Gasteiger charge is -2.10. The van der Waals surface area contributed by atoms with Crippen molar-refractivity contribution in [1.82, 2.24) is 5.43 Å². The molecule has 186 valence electrons. The molecule has 0 aromatic heterocycles. The molecule has 0 saturated carbocycles. The van der Waals surface area contributed by atoms with E-state index in [9.17, 15) is 9.59 Å². The molecule has 4 aromatic carbocycles. The number of nitrogens with zero attached hydrogens (tertiary/aromatic N) is 1. The van der Waals surface area contributed by atoms with Gasteiger partial charge >= 0.3 is 5.97 Å². The van der Waals surface area contributed by atoms with Gasteiger partial charge in [0.15, 0.2) is 11.5 Å². The Bertz CT molecular complexity index is 1390. The standard InChI is InChI=1S/C29H23ClN2O5/c1-35-27-17-21(9-16-26(27)37-29(34)23-5-3-2-4-6-23)18-31-32-28(33)22-10-14-25(15-11-22)36-19-20-7-12-24(30)13-8-20/h2-18H,19H2,1H3,(H,32,33)/b31-18-. The second-order valence-electron chi connectivity index (χ2n) is 7.80. The molecule has 0 spiro atoms. The Balaban J connectivity index is 1.31. The SMILES string of the molecule is COc1cc(/C=N\NC(=O)c2ccc(OCc3ccc(Cl)cc3)cc2)ccc1OC(=O)c1ccccc1. The first kappa shape index (κ1) is 25.5. The number of esters is 1. The highest BCUT2D eigenvalue weighted by atomic mass is 35.5. The summed E-state index contributed by atoms with van der Waals surface area (Å²) in [4.78, 5) is 24.7. The van der Waals surface area contributed by atoms with Crippen LogP contribution in [0.4, 0.5) is 0 Å². The van der Waals surface area contributed by atoms with Crippen molar-refractivity contribution in [1.29, 1.82) is 0 Å². The summed E-state index contributed by atoms with van der Waals surface area (Å²) >= 11 is 5.89. The summed E-state index contributed by atoms with van der Waals surface area (Å²) in [5.74, 6) is 0.398. The van der Waals surface area contributed by atoms with Crippen LogP contribution in [0.5, 0.6) is 17.2 Å². The van der Waals surface area contributed by atoms with Crippen LogP contribution in [-0.4, -0.2) is 25.2 Å². The number of nitrogens with one attached hydrogen (secondary N) is 1. The highest BCUT2D eigenvalue weighted by molar-refractivity contribution is 6.30. The summed E-state index contributed by atoms with van der Waals surface area (Å²) in [7, 11) is 1.47. The first-order valence-corrected chi connectivity index (χ1v) is 11.7. The molecule has 1 N–H and O–H groups in total. The van der Waals surface area contributed by atoms with Gasteiger partial charge in [0.05, 0.1) is 18.9 Å². The van der Waals surface area contributed by atoms with Gasteiger partial charge in [-0.1, -0.05) is 41.9 Å². The second-order valence-corrected chi connectivity index (χ2v) is 8.24. The molecule has 0 aliphatic heterocycles. The highest BCUT2D eigenvalue weighted by Gasteiger charge is 2.12. The quantitative estimate of drug-likeness (QED) is 0.130. The summed E-state index contributed by atoms with van der Waals surface area (Å²) in [6.45, 7) is 0.390. The molecule has 0 aliphatic rings. The molecule has 4 aromatic rings. The third kappa shape index (κ3) is 7.19. The van der Waals surface area contributed by atoms with E-state index in [1.165, 1.54) is 13.3 Å². The minimum Gasteiger partial charge on any atom is -0.493 e. The number of halogens is 1. The number of amides is 1.